The molecule has 5 rings (SSSR count). The quantitative estimate of drug-likeness (QED) is 0.119. The highest BCUT2D eigenvalue weighted by Gasteiger charge is 2.55. The number of amides is 3. The number of oxime groups is 1. The number of nitrogens with one attached hydrogen (secondary N) is 2. The SMILES string of the molecule is Nc1nc(/C(=N/O)C(=O)N[C@@H]2C(=O)N3C(C(=O)O)=C(CC4CCN([C@@H]5CCNC5)C4=O)CS[C@H]23)ns1. The minimum absolute atomic E-state index is 0.0280. The summed E-state index contributed by atoms with van der Waals surface area (Å²) in [6.45, 7) is 2.29. The van der Waals surface area contributed by atoms with Gasteiger partial charge in [0, 0.05) is 42.3 Å². The van der Waals surface area contributed by atoms with Crippen molar-refractivity contribution in [1.82, 2.24) is 29.8 Å². The fourth-order valence-electron chi connectivity index (χ4n) is 5.09. The third-order valence-corrected chi connectivity index (χ3v) is 8.71. The van der Waals surface area contributed by atoms with Crippen molar-refractivity contribution in [2.24, 2.45) is 11.1 Å². The highest BCUT2D eigenvalue weighted by Crippen LogP contribution is 2.43. The van der Waals surface area contributed by atoms with Crippen LogP contribution in [0.15, 0.2) is 16.4 Å². The van der Waals surface area contributed by atoms with Gasteiger partial charge in [0.15, 0.2) is 5.13 Å². The van der Waals surface area contributed by atoms with Crippen LogP contribution in [0.2, 0.25) is 0 Å². The maximum atomic E-state index is 13.0. The number of likely N-dealkylation sites (tertiary alicyclic amines) is 1. The summed E-state index contributed by atoms with van der Waals surface area (Å²) >= 11 is 2.12. The number of carboxylic acids is 1. The van der Waals surface area contributed by atoms with Crippen LogP contribution in [0.4, 0.5) is 5.13 Å². The van der Waals surface area contributed by atoms with E-state index in [1.54, 1.807) is 0 Å². The number of carbonyl (C=O) groups is 4. The summed E-state index contributed by atoms with van der Waals surface area (Å²) in [5.41, 5.74) is 5.40. The number of aliphatic carboxylic acids is 1. The Hall–Kier alpha value is -3.24. The predicted molar refractivity (Wildman–Crippen MR) is 128 cm³/mol. The number of nitrogens with two attached hydrogens (primary N) is 1. The molecule has 0 saturated carbocycles. The lowest BCUT2D eigenvalue weighted by Gasteiger charge is -2.49. The lowest BCUT2D eigenvalue weighted by Crippen LogP contribution is -2.71. The molecule has 0 radical (unpaired) electrons. The Kier molecular flexibility index (Phi) is 6.57. The summed E-state index contributed by atoms with van der Waals surface area (Å²) in [7, 11) is 0. The van der Waals surface area contributed by atoms with E-state index in [2.05, 4.69) is 25.1 Å². The van der Waals surface area contributed by atoms with Crippen molar-refractivity contribution >= 4 is 57.8 Å². The maximum absolute atomic E-state index is 13.0. The molecule has 3 saturated heterocycles. The zero-order valence-electron chi connectivity index (χ0n) is 18.9. The Bertz CT molecular complexity index is 1180. The third-order valence-electron chi connectivity index (χ3n) is 6.82. The number of nitrogens with zero attached hydrogens (tertiary/aromatic N) is 5. The van der Waals surface area contributed by atoms with Crippen molar-refractivity contribution in [2.45, 2.75) is 36.7 Å². The topological polar surface area (TPSA) is 203 Å². The first-order valence-electron chi connectivity index (χ1n) is 11.3. The number of nitrogen functional groups attached to an aromatic ring is 1. The number of aromatic nitrogens is 2. The molecule has 4 aliphatic rings. The average molecular weight is 537 g/mol. The van der Waals surface area contributed by atoms with E-state index in [1.807, 2.05) is 4.90 Å². The van der Waals surface area contributed by atoms with Gasteiger partial charge in [0.1, 0.15) is 17.1 Å². The van der Waals surface area contributed by atoms with Crippen LogP contribution < -0.4 is 16.4 Å². The van der Waals surface area contributed by atoms with Crippen LogP contribution in [0.3, 0.4) is 0 Å². The van der Waals surface area contributed by atoms with Gasteiger partial charge in [-0.3, -0.25) is 19.3 Å². The average Bonchev–Trinajstić information content (AvgIpc) is 3.60. The molecule has 5 heterocycles. The van der Waals surface area contributed by atoms with Gasteiger partial charge in [0.2, 0.25) is 17.4 Å². The molecule has 0 aromatic carbocycles. The van der Waals surface area contributed by atoms with Crippen LogP contribution in [0.25, 0.3) is 0 Å². The predicted octanol–water partition coefficient (Wildman–Crippen LogP) is -1.36. The summed E-state index contributed by atoms with van der Waals surface area (Å²) < 4.78 is 3.82. The van der Waals surface area contributed by atoms with E-state index in [-0.39, 0.29) is 40.9 Å². The molecule has 3 amide bonds. The first kappa shape index (κ1) is 24.5. The molecule has 4 atom stereocenters. The minimum atomic E-state index is -1.25. The van der Waals surface area contributed by atoms with Crippen LogP contribution in [-0.4, -0.2) is 102 Å². The molecule has 0 aliphatic carbocycles. The molecule has 0 bridgehead atoms. The van der Waals surface area contributed by atoms with Crippen LogP contribution in [0.5, 0.6) is 0 Å². The summed E-state index contributed by atoms with van der Waals surface area (Å²) in [5.74, 6) is -2.92. The van der Waals surface area contributed by atoms with Crippen LogP contribution in [-0.2, 0) is 19.2 Å². The Morgan fingerprint density at radius 3 is 2.72 bits per heavy atom. The highest BCUT2D eigenvalue weighted by atomic mass is 32.2. The Balaban J connectivity index is 1.28. The fraction of sp³-hybridized carbons (Fsp3) is 0.550. The molecule has 1 aromatic rings. The van der Waals surface area contributed by atoms with E-state index >= 15 is 0 Å². The van der Waals surface area contributed by atoms with Crippen LogP contribution >= 0.6 is 23.3 Å². The summed E-state index contributed by atoms with van der Waals surface area (Å²) in [6, 6.07) is -0.852. The van der Waals surface area contributed by atoms with Crippen molar-refractivity contribution in [2.75, 3.05) is 31.1 Å². The fourth-order valence-corrected chi connectivity index (χ4v) is 6.89. The lowest BCUT2D eigenvalue weighted by molar-refractivity contribution is -0.150. The summed E-state index contributed by atoms with van der Waals surface area (Å²) in [5, 5.41) is 27.3. The molecule has 1 unspecified atom stereocenters. The van der Waals surface area contributed by atoms with Gasteiger partial charge < -0.3 is 31.6 Å². The minimum Gasteiger partial charge on any atom is -0.477 e. The first-order chi connectivity index (χ1) is 17.3. The van der Waals surface area contributed by atoms with Gasteiger partial charge in [0.25, 0.3) is 11.8 Å². The number of hydrogen-bond acceptors (Lipinski definition) is 12. The summed E-state index contributed by atoms with van der Waals surface area (Å²) in [6.07, 6.45) is 1.82. The number of fused-ring (bicyclic) bond motifs is 1. The van der Waals surface area contributed by atoms with Gasteiger partial charge in [-0.25, -0.2) is 4.79 Å². The normalized spacial score (nSPS) is 28.4. The standard InChI is InChI=1S/C20H24N8O6S2/c21-20-24-14(26-36-20)11(25-34)15(29)23-12-17(31)28-13(19(32)33)9(7-35-18(12)28)5-8-2-4-27(16(8)30)10-1-3-22-6-10/h8,10,12,18,22,34H,1-7H2,(H,23,29)(H,32,33)(H2,21,24,26)/b25-11-/t8?,10-,12-,18-/m1/s1. The van der Waals surface area contributed by atoms with Crippen LogP contribution in [0, 0.1) is 5.92 Å². The van der Waals surface area contributed by atoms with Crippen molar-refractivity contribution in [3.05, 3.63) is 17.1 Å². The van der Waals surface area contributed by atoms with E-state index in [0.717, 1.165) is 35.9 Å². The van der Waals surface area contributed by atoms with E-state index in [1.165, 1.54) is 11.8 Å². The zero-order chi connectivity index (χ0) is 25.6. The maximum Gasteiger partial charge on any atom is 0.352 e. The zero-order valence-corrected chi connectivity index (χ0v) is 20.5. The van der Waals surface area contributed by atoms with Gasteiger partial charge >= 0.3 is 5.97 Å². The second kappa shape index (κ2) is 9.67. The molecule has 0 spiro atoms. The van der Waals surface area contributed by atoms with Crippen molar-refractivity contribution in [3.63, 3.8) is 0 Å². The number of thioether (sulfide) groups is 1. The van der Waals surface area contributed by atoms with Gasteiger partial charge in [-0.1, -0.05) is 5.16 Å². The van der Waals surface area contributed by atoms with E-state index in [4.69, 9.17) is 5.73 Å². The van der Waals surface area contributed by atoms with Crippen molar-refractivity contribution in [1.29, 1.82) is 0 Å². The molecule has 14 nitrogen and oxygen atoms in total. The Labute approximate surface area is 213 Å². The number of anilines is 1. The first-order valence-corrected chi connectivity index (χ1v) is 13.2. The number of carboxylic acid groups (broad SMARTS) is 1. The molecule has 1 aromatic heterocycles. The Morgan fingerprint density at radius 1 is 1.28 bits per heavy atom. The molecule has 6 N–H and O–H groups in total. The monoisotopic (exact) mass is 536 g/mol. The van der Waals surface area contributed by atoms with E-state index in [9.17, 15) is 29.5 Å². The van der Waals surface area contributed by atoms with Crippen LogP contribution in [0.1, 0.15) is 25.1 Å². The number of rotatable bonds is 7. The molecule has 3 fully saturated rings. The molecule has 36 heavy (non-hydrogen) atoms. The van der Waals surface area contributed by atoms with E-state index in [0.29, 0.717) is 24.3 Å². The molecule has 16 heteroatoms. The lowest BCUT2D eigenvalue weighted by atomic mass is 9.94. The molecule has 4 aliphatic heterocycles. The largest absolute Gasteiger partial charge is 0.477 e. The Morgan fingerprint density at radius 2 is 2.08 bits per heavy atom. The number of β-lactam (4-membered cyclic amide) rings is 1. The van der Waals surface area contributed by atoms with Gasteiger partial charge in [-0.2, -0.15) is 9.36 Å². The van der Waals surface area contributed by atoms with E-state index < -0.39 is 34.9 Å². The second-order valence-electron chi connectivity index (χ2n) is 8.89. The van der Waals surface area contributed by atoms with Gasteiger partial charge in [-0.15, -0.1) is 11.8 Å². The molecular weight excluding hydrogens is 512 g/mol. The second-order valence-corrected chi connectivity index (χ2v) is 10.8. The molecule has 192 valence electrons. The third kappa shape index (κ3) is 4.18. The van der Waals surface area contributed by atoms with Crippen molar-refractivity contribution < 1.29 is 29.5 Å². The number of carbonyl (C=O) groups excluding carboxylic acids is 3. The van der Waals surface area contributed by atoms with Gasteiger partial charge in [-0.05, 0) is 31.4 Å². The summed E-state index contributed by atoms with van der Waals surface area (Å²) in [4.78, 5) is 57.6. The molecular formula is C20H24N8O6S2. The van der Waals surface area contributed by atoms with Gasteiger partial charge in [0.05, 0.1) is 0 Å². The highest BCUT2D eigenvalue weighted by molar-refractivity contribution is 8.00. The number of hydrogen-bond donors (Lipinski definition) is 5. The van der Waals surface area contributed by atoms with Crippen molar-refractivity contribution in [3.8, 4) is 0 Å². The smallest absolute Gasteiger partial charge is 0.352 e.